The summed E-state index contributed by atoms with van der Waals surface area (Å²) in [4.78, 5) is 24.7. The van der Waals surface area contributed by atoms with Gasteiger partial charge in [-0.15, -0.1) is 0 Å². The Hall–Kier alpha value is -1.88. The summed E-state index contributed by atoms with van der Waals surface area (Å²) < 4.78 is 0. The fourth-order valence-electron chi connectivity index (χ4n) is 4.58. The van der Waals surface area contributed by atoms with E-state index in [1.807, 2.05) is 32.0 Å². The van der Waals surface area contributed by atoms with Crippen molar-refractivity contribution in [3.63, 3.8) is 0 Å². The standard InChI is InChI=1S/C21H31N3O2/c1-3-6-19(25)23-17-9-5-10-18(13(17)2)24-21(26)16-11-14-7-4-8-15(12-16)20(14)22/h5,9-10,14-16,20H,3-4,6-8,11-12,22H2,1-2H3,(H,23,25)(H,24,26). The number of nitrogens with two attached hydrogens (primary N) is 1. The van der Waals surface area contributed by atoms with Gasteiger partial charge in [0.25, 0.3) is 0 Å². The predicted molar refractivity (Wildman–Crippen MR) is 105 cm³/mol. The maximum Gasteiger partial charge on any atom is 0.227 e. The van der Waals surface area contributed by atoms with Gasteiger partial charge in [-0.1, -0.05) is 19.4 Å². The molecule has 2 unspecified atom stereocenters. The Kier molecular flexibility index (Phi) is 5.97. The number of carbonyl (C=O) groups is 2. The number of hydrogen-bond donors (Lipinski definition) is 3. The van der Waals surface area contributed by atoms with E-state index in [4.69, 9.17) is 5.73 Å². The number of carbonyl (C=O) groups excluding carboxylic acids is 2. The molecule has 0 heterocycles. The van der Waals surface area contributed by atoms with Crippen LogP contribution in [0.3, 0.4) is 0 Å². The molecule has 2 fully saturated rings. The summed E-state index contributed by atoms with van der Waals surface area (Å²) in [7, 11) is 0. The normalized spacial score (nSPS) is 27.7. The third-order valence-corrected chi connectivity index (χ3v) is 6.13. The second-order valence-corrected chi connectivity index (χ2v) is 7.96. The van der Waals surface area contributed by atoms with Crippen molar-refractivity contribution in [2.24, 2.45) is 23.5 Å². The maximum atomic E-state index is 12.9. The van der Waals surface area contributed by atoms with E-state index in [1.54, 1.807) is 0 Å². The smallest absolute Gasteiger partial charge is 0.227 e. The number of anilines is 2. The topological polar surface area (TPSA) is 84.2 Å². The van der Waals surface area contributed by atoms with E-state index in [0.717, 1.165) is 49.0 Å². The zero-order chi connectivity index (χ0) is 18.7. The first-order valence-electron chi connectivity index (χ1n) is 9.95. The molecular weight excluding hydrogens is 326 g/mol. The number of nitrogens with one attached hydrogen (secondary N) is 2. The van der Waals surface area contributed by atoms with Crippen molar-refractivity contribution in [1.29, 1.82) is 0 Å². The molecule has 3 rings (SSSR count). The van der Waals surface area contributed by atoms with Crippen molar-refractivity contribution in [3.05, 3.63) is 23.8 Å². The van der Waals surface area contributed by atoms with Crippen molar-refractivity contribution in [2.45, 2.75) is 64.8 Å². The Labute approximate surface area is 156 Å². The van der Waals surface area contributed by atoms with Crippen LogP contribution < -0.4 is 16.4 Å². The van der Waals surface area contributed by atoms with Crippen molar-refractivity contribution in [3.8, 4) is 0 Å². The number of rotatable bonds is 5. The van der Waals surface area contributed by atoms with Crippen LogP contribution in [0.15, 0.2) is 18.2 Å². The largest absolute Gasteiger partial charge is 0.327 e. The van der Waals surface area contributed by atoms with Gasteiger partial charge in [0, 0.05) is 29.8 Å². The van der Waals surface area contributed by atoms with Crippen molar-refractivity contribution >= 4 is 23.2 Å². The molecule has 1 aromatic carbocycles. The van der Waals surface area contributed by atoms with E-state index in [0.29, 0.717) is 18.3 Å². The van der Waals surface area contributed by atoms with E-state index in [9.17, 15) is 9.59 Å². The molecule has 2 aliphatic carbocycles. The van der Waals surface area contributed by atoms with Gasteiger partial charge < -0.3 is 16.4 Å². The van der Waals surface area contributed by atoms with Gasteiger partial charge in [0.1, 0.15) is 0 Å². The first-order valence-corrected chi connectivity index (χ1v) is 9.95. The van der Waals surface area contributed by atoms with Gasteiger partial charge in [0.15, 0.2) is 0 Å². The van der Waals surface area contributed by atoms with Crippen LogP contribution in [0.4, 0.5) is 11.4 Å². The number of amides is 2. The minimum atomic E-state index is 0.00756. The van der Waals surface area contributed by atoms with Crippen LogP contribution >= 0.6 is 0 Å². The Balaban J connectivity index is 1.67. The first kappa shape index (κ1) is 18.9. The van der Waals surface area contributed by atoms with Gasteiger partial charge in [-0.2, -0.15) is 0 Å². The molecule has 2 atom stereocenters. The fourth-order valence-corrected chi connectivity index (χ4v) is 4.58. The van der Waals surface area contributed by atoms with Gasteiger partial charge in [-0.25, -0.2) is 0 Å². The Bertz CT molecular complexity index is 659. The number of fused-ring (bicyclic) bond motifs is 2. The molecule has 0 radical (unpaired) electrons. The molecule has 2 bridgehead atoms. The minimum Gasteiger partial charge on any atom is -0.327 e. The van der Waals surface area contributed by atoms with Crippen molar-refractivity contribution in [2.75, 3.05) is 10.6 Å². The summed E-state index contributed by atoms with van der Waals surface area (Å²) >= 11 is 0. The average molecular weight is 357 g/mol. The molecule has 1 aromatic rings. The van der Waals surface area contributed by atoms with Crippen LogP contribution in [0.1, 0.15) is 57.4 Å². The van der Waals surface area contributed by atoms with Crippen molar-refractivity contribution < 1.29 is 9.59 Å². The highest BCUT2D eigenvalue weighted by Gasteiger charge is 2.40. The van der Waals surface area contributed by atoms with Crippen molar-refractivity contribution in [1.82, 2.24) is 0 Å². The van der Waals surface area contributed by atoms with Gasteiger partial charge in [0.2, 0.25) is 11.8 Å². The summed E-state index contributed by atoms with van der Waals surface area (Å²) in [5.74, 6) is 1.11. The fraction of sp³-hybridized carbons (Fsp3) is 0.619. The molecule has 2 aliphatic rings. The molecule has 26 heavy (non-hydrogen) atoms. The molecule has 0 spiro atoms. The summed E-state index contributed by atoms with van der Waals surface area (Å²) in [5, 5.41) is 6.03. The SMILES string of the molecule is CCCC(=O)Nc1cccc(NC(=O)C2CC3CCCC(C2)C3N)c1C. The lowest BCUT2D eigenvalue weighted by Gasteiger charge is -2.43. The van der Waals surface area contributed by atoms with Crippen LogP contribution in [0.5, 0.6) is 0 Å². The average Bonchev–Trinajstić information content (AvgIpc) is 2.58. The van der Waals surface area contributed by atoms with E-state index in [-0.39, 0.29) is 23.8 Å². The summed E-state index contributed by atoms with van der Waals surface area (Å²) in [6.07, 6.45) is 6.66. The lowest BCUT2D eigenvalue weighted by Crippen LogP contribution is -2.48. The summed E-state index contributed by atoms with van der Waals surface area (Å²) in [5.41, 5.74) is 8.79. The predicted octanol–water partition coefficient (Wildman–Crippen LogP) is 3.83. The van der Waals surface area contributed by atoms with Crippen LogP contribution in [0.2, 0.25) is 0 Å². The second kappa shape index (κ2) is 8.21. The molecule has 0 saturated heterocycles. The van der Waals surface area contributed by atoms with Crippen LogP contribution in [0, 0.1) is 24.7 Å². The second-order valence-electron chi connectivity index (χ2n) is 7.96. The van der Waals surface area contributed by atoms with Gasteiger partial charge >= 0.3 is 0 Å². The lowest BCUT2D eigenvalue weighted by atomic mass is 9.65. The quantitative estimate of drug-likeness (QED) is 0.749. The molecule has 4 N–H and O–H groups in total. The third-order valence-electron chi connectivity index (χ3n) is 6.13. The summed E-state index contributed by atoms with van der Waals surface area (Å²) in [6.45, 7) is 3.91. The van der Waals surface area contributed by atoms with Gasteiger partial charge in [0.05, 0.1) is 0 Å². The van der Waals surface area contributed by atoms with Gasteiger partial charge in [-0.05, 0) is 68.6 Å². The maximum absolute atomic E-state index is 12.9. The highest BCUT2D eigenvalue weighted by Crippen LogP contribution is 2.42. The molecule has 5 nitrogen and oxygen atoms in total. The molecule has 0 aliphatic heterocycles. The number of benzene rings is 1. The minimum absolute atomic E-state index is 0.00756. The molecular formula is C21H31N3O2. The van der Waals surface area contributed by atoms with Crippen LogP contribution in [0.25, 0.3) is 0 Å². The van der Waals surface area contributed by atoms with E-state index >= 15 is 0 Å². The van der Waals surface area contributed by atoms with E-state index < -0.39 is 0 Å². The number of hydrogen-bond acceptors (Lipinski definition) is 3. The van der Waals surface area contributed by atoms with E-state index in [1.165, 1.54) is 6.42 Å². The molecule has 5 heteroatoms. The molecule has 142 valence electrons. The Morgan fingerprint density at radius 3 is 2.35 bits per heavy atom. The lowest BCUT2D eigenvalue weighted by molar-refractivity contribution is -0.122. The zero-order valence-corrected chi connectivity index (χ0v) is 15.9. The molecule has 2 amide bonds. The summed E-state index contributed by atoms with van der Waals surface area (Å²) in [6, 6.07) is 5.92. The van der Waals surface area contributed by atoms with Gasteiger partial charge in [-0.3, -0.25) is 9.59 Å². The molecule has 0 aromatic heterocycles. The van der Waals surface area contributed by atoms with Crippen LogP contribution in [-0.2, 0) is 9.59 Å². The first-order chi connectivity index (χ1) is 12.5. The highest BCUT2D eigenvalue weighted by molar-refractivity contribution is 5.96. The van der Waals surface area contributed by atoms with E-state index in [2.05, 4.69) is 10.6 Å². The molecule has 2 saturated carbocycles. The third kappa shape index (κ3) is 4.09. The highest BCUT2D eigenvalue weighted by atomic mass is 16.2. The monoisotopic (exact) mass is 357 g/mol. The Morgan fingerprint density at radius 2 is 1.73 bits per heavy atom. The Morgan fingerprint density at radius 1 is 1.12 bits per heavy atom. The zero-order valence-electron chi connectivity index (χ0n) is 15.9. The van der Waals surface area contributed by atoms with Crippen LogP contribution in [-0.4, -0.2) is 17.9 Å².